The predicted molar refractivity (Wildman–Crippen MR) is 62.1 cm³/mol. The van der Waals surface area contributed by atoms with Crippen LogP contribution in [0.4, 0.5) is 8.78 Å². The fourth-order valence-electron chi connectivity index (χ4n) is 1.28. The maximum absolute atomic E-state index is 11.9. The van der Waals surface area contributed by atoms with E-state index in [1.54, 1.807) is 12.1 Å². The molecule has 0 saturated carbocycles. The van der Waals surface area contributed by atoms with Crippen LogP contribution >= 0.6 is 12.4 Å². The molecule has 3 nitrogen and oxygen atoms in total. The summed E-state index contributed by atoms with van der Waals surface area (Å²) in [4.78, 5) is 0. The van der Waals surface area contributed by atoms with Gasteiger partial charge in [0.05, 0.1) is 6.07 Å². The molecule has 0 aliphatic rings. The van der Waals surface area contributed by atoms with Crippen molar-refractivity contribution in [2.75, 3.05) is 0 Å². The van der Waals surface area contributed by atoms with Gasteiger partial charge in [-0.15, -0.1) is 12.4 Å². The molecule has 0 aromatic heterocycles. The quantitative estimate of drug-likeness (QED) is 0.887. The molecule has 1 aromatic rings. The smallest absolute Gasteiger partial charge is 0.387 e. The van der Waals surface area contributed by atoms with Crippen LogP contribution in [0.5, 0.6) is 5.75 Å². The third-order valence-corrected chi connectivity index (χ3v) is 2.10. The maximum Gasteiger partial charge on any atom is 0.387 e. The average molecular weight is 263 g/mol. The van der Waals surface area contributed by atoms with Crippen molar-refractivity contribution < 1.29 is 13.5 Å². The van der Waals surface area contributed by atoms with Gasteiger partial charge in [0.15, 0.2) is 0 Å². The molecule has 6 heteroatoms. The fourth-order valence-corrected chi connectivity index (χ4v) is 1.28. The molecule has 0 bridgehead atoms. The molecular formula is C11H13ClF2N2O. The Hall–Kier alpha value is -1.38. The molecular weight excluding hydrogens is 250 g/mol. The van der Waals surface area contributed by atoms with E-state index in [1.807, 2.05) is 6.07 Å². The number of nitrogens with two attached hydrogens (primary N) is 1. The van der Waals surface area contributed by atoms with Gasteiger partial charge < -0.3 is 10.5 Å². The second kappa shape index (κ2) is 7.82. The van der Waals surface area contributed by atoms with Crippen LogP contribution in [0, 0.1) is 11.3 Å². The van der Waals surface area contributed by atoms with E-state index in [1.165, 1.54) is 12.1 Å². The third-order valence-electron chi connectivity index (χ3n) is 2.10. The second-order valence-electron chi connectivity index (χ2n) is 3.25. The van der Waals surface area contributed by atoms with Crippen molar-refractivity contribution in [3.8, 4) is 11.8 Å². The number of ether oxygens (including phenoxy) is 1. The lowest BCUT2D eigenvalue weighted by molar-refractivity contribution is -0.0498. The first-order valence-electron chi connectivity index (χ1n) is 4.81. The van der Waals surface area contributed by atoms with Crippen LogP contribution in [0.25, 0.3) is 0 Å². The van der Waals surface area contributed by atoms with E-state index in [9.17, 15) is 8.78 Å². The Bertz CT molecular complexity index is 365. The Morgan fingerprint density at radius 1 is 1.29 bits per heavy atom. The van der Waals surface area contributed by atoms with E-state index in [0.717, 1.165) is 5.56 Å². The van der Waals surface area contributed by atoms with Gasteiger partial charge >= 0.3 is 6.61 Å². The van der Waals surface area contributed by atoms with E-state index in [2.05, 4.69) is 4.74 Å². The summed E-state index contributed by atoms with van der Waals surface area (Å²) in [5.74, 6) is 0.103. The first-order chi connectivity index (χ1) is 7.63. The zero-order chi connectivity index (χ0) is 12.0. The zero-order valence-electron chi connectivity index (χ0n) is 8.98. The highest BCUT2D eigenvalue weighted by molar-refractivity contribution is 5.85. The Morgan fingerprint density at radius 2 is 1.88 bits per heavy atom. The molecule has 0 aliphatic carbocycles. The summed E-state index contributed by atoms with van der Waals surface area (Å²) >= 11 is 0. The third kappa shape index (κ3) is 5.48. The summed E-state index contributed by atoms with van der Waals surface area (Å²) in [6, 6.07) is 7.88. The Morgan fingerprint density at radius 3 is 2.35 bits per heavy atom. The lowest BCUT2D eigenvalue weighted by Gasteiger charge is -2.11. The van der Waals surface area contributed by atoms with Crippen molar-refractivity contribution in [3.63, 3.8) is 0 Å². The summed E-state index contributed by atoms with van der Waals surface area (Å²) in [6.45, 7) is -2.82. The second-order valence-corrected chi connectivity index (χ2v) is 3.25. The highest BCUT2D eigenvalue weighted by Crippen LogP contribution is 2.20. The molecule has 1 rings (SSSR count). The topological polar surface area (TPSA) is 59.0 Å². The standard InChI is InChI=1S/C11H12F2N2O.ClH/c12-11(13)16-9-5-3-8(4-6-9)10(15)2-1-7-14;/h3-6,10-11H,1-2,15H2;1H. The minimum absolute atomic E-state index is 0. The zero-order valence-corrected chi connectivity index (χ0v) is 9.79. The minimum atomic E-state index is -2.82. The molecule has 94 valence electrons. The number of nitrogens with zero attached hydrogens (tertiary/aromatic N) is 1. The fraction of sp³-hybridized carbons (Fsp3) is 0.364. The van der Waals surface area contributed by atoms with Crippen LogP contribution in [0.2, 0.25) is 0 Å². The van der Waals surface area contributed by atoms with Crippen molar-refractivity contribution in [1.82, 2.24) is 0 Å². The highest BCUT2D eigenvalue weighted by atomic mass is 35.5. The van der Waals surface area contributed by atoms with E-state index >= 15 is 0 Å². The van der Waals surface area contributed by atoms with Crippen molar-refractivity contribution in [3.05, 3.63) is 29.8 Å². The average Bonchev–Trinajstić information content (AvgIpc) is 2.26. The number of hydrogen-bond acceptors (Lipinski definition) is 3. The molecule has 0 heterocycles. The normalized spacial score (nSPS) is 11.5. The van der Waals surface area contributed by atoms with E-state index in [-0.39, 0.29) is 24.2 Å². The van der Waals surface area contributed by atoms with Gasteiger partial charge in [0.25, 0.3) is 0 Å². The Labute approximate surface area is 105 Å². The van der Waals surface area contributed by atoms with Gasteiger partial charge in [0.1, 0.15) is 5.75 Å². The number of nitriles is 1. The molecule has 17 heavy (non-hydrogen) atoms. The highest BCUT2D eigenvalue weighted by Gasteiger charge is 2.07. The van der Waals surface area contributed by atoms with Gasteiger partial charge in [-0.1, -0.05) is 12.1 Å². The Balaban J connectivity index is 0.00000256. The molecule has 0 saturated heterocycles. The number of rotatable bonds is 5. The largest absolute Gasteiger partial charge is 0.435 e. The summed E-state index contributed by atoms with van der Waals surface area (Å²) in [6.07, 6.45) is 0.919. The van der Waals surface area contributed by atoms with Crippen LogP contribution in [-0.2, 0) is 0 Å². The molecule has 0 radical (unpaired) electrons. The molecule has 0 fully saturated rings. The summed E-state index contributed by atoms with van der Waals surface area (Å²) in [5, 5.41) is 8.40. The van der Waals surface area contributed by atoms with Crippen molar-refractivity contribution in [2.45, 2.75) is 25.5 Å². The van der Waals surface area contributed by atoms with Crippen LogP contribution in [0.3, 0.4) is 0 Å². The first-order valence-corrected chi connectivity index (χ1v) is 4.81. The number of alkyl halides is 2. The predicted octanol–water partition coefficient (Wildman–Crippen LogP) is 3.01. The molecule has 0 aliphatic heterocycles. The lowest BCUT2D eigenvalue weighted by Crippen LogP contribution is -2.10. The number of hydrogen-bond donors (Lipinski definition) is 1. The monoisotopic (exact) mass is 262 g/mol. The molecule has 1 unspecified atom stereocenters. The molecule has 1 aromatic carbocycles. The van der Waals surface area contributed by atoms with Gasteiger partial charge in [-0.05, 0) is 24.1 Å². The van der Waals surface area contributed by atoms with Gasteiger partial charge in [-0.3, -0.25) is 0 Å². The molecule has 1 atom stereocenters. The Kier molecular flexibility index (Phi) is 7.19. The summed E-state index contributed by atoms with van der Waals surface area (Å²) < 4.78 is 27.9. The number of halogens is 3. The van der Waals surface area contributed by atoms with Crippen molar-refractivity contribution >= 4 is 12.4 Å². The minimum Gasteiger partial charge on any atom is -0.435 e. The summed E-state index contributed by atoms with van der Waals surface area (Å²) in [5.41, 5.74) is 6.59. The molecule has 2 N–H and O–H groups in total. The van der Waals surface area contributed by atoms with Crippen LogP contribution < -0.4 is 10.5 Å². The van der Waals surface area contributed by atoms with Gasteiger partial charge in [-0.25, -0.2) is 0 Å². The van der Waals surface area contributed by atoms with E-state index < -0.39 is 6.61 Å². The molecule has 0 amide bonds. The van der Waals surface area contributed by atoms with Gasteiger partial charge in [0.2, 0.25) is 0 Å². The first kappa shape index (κ1) is 15.6. The maximum atomic E-state index is 11.9. The molecule has 0 spiro atoms. The summed E-state index contributed by atoms with van der Waals surface area (Å²) in [7, 11) is 0. The number of benzene rings is 1. The van der Waals surface area contributed by atoms with E-state index in [4.69, 9.17) is 11.0 Å². The van der Waals surface area contributed by atoms with Crippen molar-refractivity contribution in [2.24, 2.45) is 5.73 Å². The lowest BCUT2D eigenvalue weighted by atomic mass is 10.0. The van der Waals surface area contributed by atoms with Crippen molar-refractivity contribution in [1.29, 1.82) is 5.26 Å². The van der Waals surface area contributed by atoms with Crippen LogP contribution in [-0.4, -0.2) is 6.61 Å². The van der Waals surface area contributed by atoms with Gasteiger partial charge in [0, 0.05) is 12.5 Å². The van der Waals surface area contributed by atoms with E-state index in [0.29, 0.717) is 12.8 Å². The van der Waals surface area contributed by atoms with Crippen LogP contribution in [0.1, 0.15) is 24.4 Å². The SMILES string of the molecule is Cl.N#CCCC(N)c1ccc(OC(F)F)cc1. The van der Waals surface area contributed by atoms with Crippen LogP contribution in [0.15, 0.2) is 24.3 Å². The van der Waals surface area contributed by atoms with Gasteiger partial charge in [-0.2, -0.15) is 14.0 Å².